The topological polar surface area (TPSA) is 61.6 Å². The average molecular weight is 322 g/mol. The molecule has 1 aromatic heterocycles. The zero-order valence-electron chi connectivity index (χ0n) is 14.8. The molecule has 0 aromatic carbocycles. The number of imidazole rings is 1. The Morgan fingerprint density at radius 1 is 1.39 bits per heavy atom. The van der Waals surface area contributed by atoms with Crippen LogP contribution in [0.2, 0.25) is 0 Å². The normalized spacial score (nSPS) is 19.5. The van der Waals surface area contributed by atoms with Crippen LogP contribution in [-0.4, -0.2) is 62.6 Å². The van der Waals surface area contributed by atoms with E-state index in [4.69, 9.17) is 0 Å². The second kappa shape index (κ2) is 7.93. The van der Waals surface area contributed by atoms with Crippen LogP contribution >= 0.6 is 0 Å². The minimum atomic E-state index is -0.522. The van der Waals surface area contributed by atoms with E-state index in [2.05, 4.69) is 9.88 Å². The van der Waals surface area contributed by atoms with Gasteiger partial charge in [0.05, 0.1) is 6.04 Å². The van der Waals surface area contributed by atoms with E-state index in [0.717, 1.165) is 44.8 Å². The average Bonchev–Trinajstić information content (AvgIpc) is 3.00. The Hall–Kier alpha value is -1.40. The molecule has 2 heterocycles. The number of aliphatic hydroxyl groups excluding tert-OH is 1. The van der Waals surface area contributed by atoms with Gasteiger partial charge in [0, 0.05) is 32.5 Å². The highest BCUT2D eigenvalue weighted by Gasteiger charge is 2.32. The molecular weight excluding hydrogens is 292 g/mol. The molecule has 1 aromatic rings. The lowest BCUT2D eigenvalue weighted by atomic mass is 9.90. The van der Waals surface area contributed by atoms with Crippen LogP contribution in [0.15, 0.2) is 12.4 Å². The van der Waals surface area contributed by atoms with Gasteiger partial charge in [-0.1, -0.05) is 0 Å². The third-order valence-electron chi connectivity index (χ3n) is 5.12. The third-order valence-corrected chi connectivity index (χ3v) is 5.12. The summed E-state index contributed by atoms with van der Waals surface area (Å²) in [4.78, 5) is 20.9. The maximum Gasteiger partial charge on any atom is 0.239 e. The van der Waals surface area contributed by atoms with Gasteiger partial charge in [0.15, 0.2) is 0 Å². The number of carbonyl (C=O) groups is 1. The van der Waals surface area contributed by atoms with Crippen molar-refractivity contribution in [1.29, 1.82) is 0 Å². The van der Waals surface area contributed by atoms with Crippen LogP contribution in [0.3, 0.4) is 0 Å². The number of hydrogen-bond acceptors (Lipinski definition) is 4. The number of amides is 1. The molecule has 1 saturated heterocycles. The molecule has 2 rings (SSSR count). The summed E-state index contributed by atoms with van der Waals surface area (Å²) in [6, 6.07) is -0.0823. The van der Waals surface area contributed by atoms with Gasteiger partial charge in [-0.25, -0.2) is 4.98 Å². The van der Waals surface area contributed by atoms with Crippen LogP contribution in [0.5, 0.6) is 0 Å². The van der Waals surface area contributed by atoms with Crippen molar-refractivity contribution < 1.29 is 9.90 Å². The molecule has 1 amide bonds. The van der Waals surface area contributed by atoms with Gasteiger partial charge in [-0.15, -0.1) is 0 Å². The van der Waals surface area contributed by atoms with E-state index in [-0.39, 0.29) is 17.9 Å². The highest BCUT2D eigenvalue weighted by Crippen LogP contribution is 2.30. The molecule has 0 aliphatic carbocycles. The fraction of sp³-hybridized carbons (Fsp3) is 0.765. The van der Waals surface area contributed by atoms with Gasteiger partial charge in [-0.3, -0.25) is 9.69 Å². The molecule has 1 aliphatic rings. The summed E-state index contributed by atoms with van der Waals surface area (Å²) < 4.78 is 1.88. The first-order chi connectivity index (χ1) is 11.0. The number of likely N-dealkylation sites (tertiary alicyclic amines) is 1. The van der Waals surface area contributed by atoms with Crippen molar-refractivity contribution in [3.8, 4) is 0 Å². The van der Waals surface area contributed by atoms with Crippen molar-refractivity contribution in [2.45, 2.75) is 45.8 Å². The van der Waals surface area contributed by atoms with Crippen molar-refractivity contribution in [3.63, 3.8) is 0 Å². The largest absolute Gasteiger partial charge is 0.385 e. The summed E-state index contributed by atoms with van der Waals surface area (Å²) in [6.45, 7) is 9.24. The predicted octanol–water partition coefficient (Wildman–Crippen LogP) is 1.42. The Bertz CT molecular complexity index is 504. The van der Waals surface area contributed by atoms with Crippen LogP contribution in [0.25, 0.3) is 0 Å². The first-order valence-corrected chi connectivity index (χ1v) is 8.67. The first-order valence-electron chi connectivity index (χ1n) is 8.67. The summed E-state index contributed by atoms with van der Waals surface area (Å²) in [5.41, 5.74) is 0. The zero-order valence-corrected chi connectivity index (χ0v) is 14.8. The molecule has 0 spiro atoms. The molecule has 1 N–H and O–H groups in total. The quantitative estimate of drug-likeness (QED) is 0.860. The van der Waals surface area contributed by atoms with E-state index in [9.17, 15) is 9.90 Å². The fourth-order valence-electron chi connectivity index (χ4n) is 3.45. The van der Waals surface area contributed by atoms with Crippen molar-refractivity contribution >= 4 is 5.91 Å². The van der Waals surface area contributed by atoms with Gasteiger partial charge in [0.25, 0.3) is 0 Å². The Labute approximate surface area is 139 Å². The summed E-state index contributed by atoms with van der Waals surface area (Å²) in [5, 5.41) is 10.5. The molecule has 0 unspecified atom stereocenters. The number of nitrogens with zero attached hydrogens (tertiary/aromatic N) is 4. The lowest BCUT2D eigenvalue weighted by Crippen LogP contribution is -2.50. The minimum absolute atomic E-state index is 0.0823. The Kier molecular flexibility index (Phi) is 6.18. The minimum Gasteiger partial charge on any atom is -0.385 e. The van der Waals surface area contributed by atoms with E-state index in [1.54, 1.807) is 6.20 Å². The van der Waals surface area contributed by atoms with Gasteiger partial charge in [0.2, 0.25) is 5.91 Å². The number of aryl methyl sites for hydroxylation is 1. The van der Waals surface area contributed by atoms with Gasteiger partial charge in [-0.2, -0.15) is 0 Å². The first kappa shape index (κ1) is 17.9. The van der Waals surface area contributed by atoms with Crippen LogP contribution in [0.1, 0.15) is 45.5 Å². The molecule has 0 bridgehead atoms. The molecule has 0 saturated carbocycles. The van der Waals surface area contributed by atoms with Gasteiger partial charge in [0.1, 0.15) is 11.9 Å². The van der Waals surface area contributed by atoms with E-state index < -0.39 is 6.10 Å². The molecule has 2 atom stereocenters. The van der Waals surface area contributed by atoms with E-state index in [0.29, 0.717) is 0 Å². The SMILES string of the molecule is CCN(CC)C(=O)[C@H](C)N1CCC([C@H](O)c2nccn2C)CC1. The molecular formula is C17H30N4O2. The lowest BCUT2D eigenvalue weighted by molar-refractivity contribution is -0.136. The maximum atomic E-state index is 12.5. The highest BCUT2D eigenvalue weighted by atomic mass is 16.3. The van der Waals surface area contributed by atoms with Gasteiger partial charge < -0.3 is 14.6 Å². The third kappa shape index (κ3) is 3.93. The molecule has 1 aliphatic heterocycles. The highest BCUT2D eigenvalue weighted by molar-refractivity contribution is 5.81. The van der Waals surface area contributed by atoms with Crippen molar-refractivity contribution in [2.75, 3.05) is 26.2 Å². The number of hydrogen-bond donors (Lipinski definition) is 1. The van der Waals surface area contributed by atoms with Crippen LogP contribution in [-0.2, 0) is 11.8 Å². The smallest absolute Gasteiger partial charge is 0.239 e. The number of piperidine rings is 1. The Morgan fingerprint density at radius 3 is 2.48 bits per heavy atom. The van der Waals surface area contributed by atoms with Crippen molar-refractivity contribution in [2.24, 2.45) is 13.0 Å². The molecule has 6 nitrogen and oxygen atoms in total. The molecule has 6 heteroatoms. The lowest BCUT2D eigenvalue weighted by Gasteiger charge is -2.38. The van der Waals surface area contributed by atoms with Gasteiger partial charge >= 0.3 is 0 Å². The number of aliphatic hydroxyl groups is 1. The Morgan fingerprint density at radius 2 is 2.00 bits per heavy atom. The van der Waals surface area contributed by atoms with E-state index >= 15 is 0 Å². The van der Waals surface area contributed by atoms with Crippen LogP contribution in [0, 0.1) is 5.92 Å². The number of carbonyl (C=O) groups excluding carboxylic acids is 1. The summed E-state index contributed by atoms with van der Waals surface area (Å²) >= 11 is 0. The maximum absolute atomic E-state index is 12.5. The second-order valence-corrected chi connectivity index (χ2v) is 6.40. The predicted molar refractivity (Wildman–Crippen MR) is 89.9 cm³/mol. The zero-order chi connectivity index (χ0) is 17.0. The number of aromatic nitrogens is 2. The number of likely N-dealkylation sites (N-methyl/N-ethyl adjacent to an activating group) is 1. The molecule has 130 valence electrons. The van der Waals surface area contributed by atoms with E-state index in [1.807, 2.05) is 43.5 Å². The second-order valence-electron chi connectivity index (χ2n) is 6.40. The van der Waals surface area contributed by atoms with Gasteiger partial charge in [-0.05, 0) is 52.6 Å². The molecule has 23 heavy (non-hydrogen) atoms. The van der Waals surface area contributed by atoms with Crippen molar-refractivity contribution in [3.05, 3.63) is 18.2 Å². The molecule has 1 fully saturated rings. The number of rotatable bonds is 6. The summed E-state index contributed by atoms with van der Waals surface area (Å²) in [5.74, 6) is 1.15. The monoisotopic (exact) mass is 322 g/mol. The van der Waals surface area contributed by atoms with Crippen LogP contribution < -0.4 is 0 Å². The standard InChI is InChI=1S/C17H30N4O2/c1-5-20(6-2)17(23)13(3)21-10-7-14(8-11-21)15(22)16-18-9-12-19(16)4/h9,12-15,22H,5-8,10-11H2,1-4H3/t13-,15-/m0/s1. The summed E-state index contributed by atoms with van der Waals surface area (Å²) in [7, 11) is 1.91. The Balaban J connectivity index is 1.91. The summed E-state index contributed by atoms with van der Waals surface area (Å²) in [6.07, 6.45) is 4.84. The van der Waals surface area contributed by atoms with Crippen molar-refractivity contribution in [1.82, 2.24) is 19.4 Å². The molecule has 0 radical (unpaired) electrons. The van der Waals surface area contributed by atoms with E-state index in [1.165, 1.54) is 0 Å². The fourth-order valence-corrected chi connectivity index (χ4v) is 3.45. The van der Waals surface area contributed by atoms with Crippen LogP contribution in [0.4, 0.5) is 0 Å².